The number of halogens is 1. The maximum Gasteiger partial charge on any atom is 0.238 e. The van der Waals surface area contributed by atoms with Gasteiger partial charge in [-0.3, -0.25) is 4.79 Å². The molecule has 0 aromatic rings. The summed E-state index contributed by atoms with van der Waals surface area (Å²) in [4.78, 5) is 16.2. The molecule has 0 heterocycles. The summed E-state index contributed by atoms with van der Waals surface area (Å²) >= 11 is 5.73. The van der Waals surface area contributed by atoms with Gasteiger partial charge in [-0.2, -0.15) is 0 Å². The van der Waals surface area contributed by atoms with Gasteiger partial charge < -0.3 is 9.80 Å². The Morgan fingerprint density at radius 2 is 1.76 bits per heavy atom. The van der Waals surface area contributed by atoms with Gasteiger partial charge in [-0.25, -0.2) is 0 Å². The molecule has 2 atom stereocenters. The second-order valence-corrected chi connectivity index (χ2v) is 5.68. The molecule has 1 rings (SSSR count). The van der Waals surface area contributed by atoms with Crippen molar-refractivity contribution >= 4 is 17.5 Å². The minimum Gasteiger partial charge on any atom is -0.335 e. The molecule has 1 saturated carbocycles. The van der Waals surface area contributed by atoms with Crippen molar-refractivity contribution in [3.8, 4) is 0 Å². The van der Waals surface area contributed by atoms with E-state index < -0.39 is 0 Å². The van der Waals surface area contributed by atoms with Crippen molar-refractivity contribution < 1.29 is 4.79 Å². The smallest absolute Gasteiger partial charge is 0.238 e. The lowest BCUT2D eigenvalue weighted by Gasteiger charge is -2.44. The van der Waals surface area contributed by atoms with Crippen LogP contribution in [0.25, 0.3) is 0 Å². The topological polar surface area (TPSA) is 23.6 Å². The molecule has 0 unspecified atom stereocenters. The molecular weight excluding hydrogens is 236 g/mol. The summed E-state index contributed by atoms with van der Waals surface area (Å²) in [5.74, 6) is 0.162. The van der Waals surface area contributed by atoms with Gasteiger partial charge in [0.2, 0.25) is 5.91 Å². The fourth-order valence-corrected chi connectivity index (χ4v) is 3.08. The molecule has 17 heavy (non-hydrogen) atoms. The summed E-state index contributed by atoms with van der Waals surface area (Å²) in [6, 6.07) is 1.02. The van der Waals surface area contributed by atoms with Crippen LogP contribution in [0.2, 0.25) is 0 Å². The number of nitrogens with zero attached hydrogens (tertiary/aromatic N) is 2. The Morgan fingerprint density at radius 3 is 2.18 bits per heavy atom. The van der Waals surface area contributed by atoms with Crippen LogP contribution in [-0.4, -0.2) is 53.8 Å². The first kappa shape index (κ1) is 14.8. The third-order valence-corrected chi connectivity index (χ3v) is 3.90. The fraction of sp³-hybridized carbons (Fsp3) is 0.923. The quantitative estimate of drug-likeness (QED) is 0.725. The summed E-state index contributed by atoms with van der Waals surface area (Å²) in [5.41, 5.74) is 0. The van der Waals surface area contributed by atoms with Crippen LogP contribution in [0.1, 0.15) is 39.5 Å². The highest BCUT2D eigenvalue weighted by Gasteiger charge is 2.34. The van der Waals surface area contributed by atoms with Crippen molar-refractivity contribution in [1.82, 2.24) is 9.80 Å². The number of hydrogen-bond donors (Lipinski definition) is 0. The Labute approximate surface area is 110 Å². The van der Waals surface area contributed by atoms with E-state index in [-0.39, 0.29) is 17.8 Å². The summed E-state index contributed by atoms with van der Waals surface area (Å²) in [7, 11) is 4.21. The second-order valence-electron chi connectivity index (χ2n) is 5.41. The molecule has 4 heteroatoms. The van der Waals surface area contributed by atoms with Gasteiger partial charge in [0.1, 0.15) is 5.88 Å². The average molecular weight is 261 g/mol. The van der Waals surface area contributed by atoms with E-state index in [1.807, 2.05) is 4.90 Å². The second kappa shape index (κ2) is 6.60. The normalized spacial score (nSPS) is 25.4. The zero-order valence-corrected chi connectivity index (χ0v) is 12.2. The largest absolute Gasteiger partial charge is 0.335 e. The predicted octanol–water partition coefficient (Wildman–Crippen LogP) is 2.33. The van der Waals surface area contributed by atoms with Crippen LogP contribution in [0.4, 0.5) is 0 Å². The number of likely N-dealkylation sites (N-methyl/N-ethyl adjacent to an activating group) is 1. The third kappa shape index (κ3) is 3.59. The van der Waals surface area contributed by atoms with E-state index in [1.54, 1.807) is 0 Å². The molecule has 0 aromatic carbocycles. The van der Waals surface area contributed by atoms with Crippen LogP contribution < -0.4 is 0 Å². The molecule has 0 saturated heterocycles. The van der Waals surface area contributed by atoms with Crippen molar-refractivity contribution in [1.29, 1.82) is 0 Å². The molecule has 0 spiro atoms. The van der Waals surface area contributed by atoms with Crippen LogP contribution in [0.3, 0.4) is 0 Å². The van der Waals surface area contributed by atoms with Crippen LogP contribution in [0.5, 0.6) is 0 Å². The number of carbonyl (C=O) groups excluding carboxylic acids is 1. The number of alkyl halides is 1. The van der Waals surface area contributed by atoms with Crippen LogP contribution >= 0.6 is 11.6 Å². The SMILES string of the molecule is CC(C)N(C(=O)CCl)[C@@H]1CCCC[C@H]1N(C)C. The number of hydrogen-bond acceptors (Lipinski definition) is 2. The standard InChI is InChI=1S/C13H25ClN2O/c1-10(2)16(13(17)9-14)12-8-6-5-7-11(12)15(3)4/h10-12H,5-9H2,1-4H3/t11-,12-/m1/s1. The van der Waals surface area contributed by atoms with E-state index >= 15 is 0 Å². The molecule has 0 radical (unpaired) electrons. The van der Waals surface area contributed by atoms with E-state index in [9.17, 15) is 4.79 Å². The van der Waals surface area contributed by atoms with Gasteiger partial charge in [-0.05, 0) is 40.8 Å². The lowest BCUT2D eigenvalue weighted by atomic mass is 9.87. The van der Waals surface area contributed by atoms with Crippen molar-refractivity contribution in [3.05, 3.63) is 0 Å². The van der Waals surface area contributed by atoms with Crippen molar-refractivity contribution in [2.24, 2.45) is 0 Å². The molecule has 100 valence electrons. The fourth-order valence-electron chi connectivity index (χ4n) is 2.94. The van der Waals surface area contributed by atoms with Crippen LogP contribution in [0, 0.1) is 0 Å². The molecule has 1 aliphatic carbocycles. The molecular formula is C13H25ClN2O. The molecule has 0 bridgehead atoms. The van der Waals surface area contributed by atoms with Gasteiger partial charge in [0.15, 0.2) is 0 Å². The predicted molar refractivity (Wildman–Crippen MR) is 72.4 cm³/mol. The highest BCUT2D eigenvalue weighted by atomic mass is 35.5. The molecule has 0 aliphatic heterocycles. The van der Waals surface area contributed by atoms with Gasteiger partial charge in [0.05, 0.1) is 0 Å². The number of carbonyl (C=O) groups is 1. The Kier molecular flexibility index (Phi) is 5.74. The highest BCUT2D eigenvalue weighted by molar-refractivity contribution is 6.27. The third-order valence-electron chi connectivity index (χ3n) is 3.67. The Bertz CT molecular complexity index is 256. The molecule has 1 aliphatic rings. The maximum absolute atomic E-state index is 12.0. The maximum atomic E-state index is 12.0. The Balaban J connectivity index is 2.86. The van der Waals surface area contributed by atoms with Crippen molar-refractivity contribution in [2.45, 2.75) is 57.7 Å². The minimum absolute atomic E-state index is 0.0698. The first-order valence-electron chi connectivity index (χ1n) is 6.52. The van der Waals surface area contributed by atoms with Gasteiger partial charge in [0.25, 0.3) is 0 Å². The van der Waals surface area contributed by atoms with Crippen molar-refractivity contribution in [2.75, 3.05) is 20.0 Å². The zero-order chi connectivity index (χ0) is 13.0. The molecule has 1 fully saturated rings. The molecule has 3 nitrogen and oxygen atoms in total. The molecule has 0 N–H and O–H groups in total. The summed E-state index contributed by atoms with van der Waals surface area (Å²) in [6.07, 6.45) is 4.76. The zero-order valence-electron chi connectivity index (χ0n) is 11.4. The molecule has 0 aromatic heterocycles. The minimum atomic E-state index is 0.0698. The van der Waals surface area contributed by atoms with Gasteiger partial charge in [0, 0.05) is 18.1 Å². The average Bonchev–Trinajstić information content (AvgIpc) is 2.29. The van der Waals surface area contributed by atoms with Gasteiger partial charge >= 0.3 is 0 Å². The first-order chi connectivity index (χ1) is 7.99. The lowest BCUT2D eigenvalue weighted by molar-refractivity contribution is -0.135. The first-order valence-corrected chi connectivity index (χ1v) is 7.06. The molecule has 1 amide bonds. The Hall–Kier alpha value is -0.280. The van der Waals surface area contributed by atoms with Gasteiger partial charge in [-0.1, -0.05) is 12.8 Å². The van der Waals surface area contributed by atoms with E-state index in [0.29, 0.717) is 12.1 Å². The summed E-state index contributed by atoms with van der Waals surface area (Å²) in [5, 5.41) is 0. The van der Waals surface area contributed by atoms with E-state index in [1.165, 1.54) is 19.3 Å². The lowest BCUT2D eigenvalue weighted by Crippen LogP contribution is -2.56. The van der Waals surface area contributed by atoms with Crippen LogP contribution in [0.15, 0.2) is 0 Å². The van der Waals surface area contributed by atoms with Gasteiger partial charge in [-0.15, -0.1) is 11.6 Å². The number of rotatable bonds is 4. The summed E-state index contributed by atoms with van der Waals surface area (Å²) < 4.78 is 0. The van der Waals surface area contributed by atoms with E-state index in [0.717, 1.165) is 6.42 Å². The monoisotopic (exact) mass is 260 g/mol. The Morgan fingerprint density at radius 1 is 1.24 bits per heavy atom. The highest BCUT2D eigenvalue weighted by Crippen LogP contribution is 2.27. The van der Waals surface area contributed by atoms with E-state index in [2.05, 4.69) is 32.8 Å². The van der Waals surface area contributed by atoms with Crippen LogP contribution in [-0.2, 0) is 4.79 Å². The summed E-state index contributed by atoms with van der Waals surface area (Å²) in [6.45, 7) is 4.15. The van der Waals surface area contributed by atoms with E-state index in [4.69, 9.17) is 11.6 Å². The number of amides is 1. The van der Waals surface area contributed by atoms with Crippen molar-refractivity contribution in [3.63, 3.8) is 0 Å².